The highest BCUT2D eigenvalue weighted by Gasteiger charge is 2.31. The zero-order valence-electron chi connectivity index (χ0n) is 13.1. The van der Waals surface area contributed by atoms with Crippen LogP contribution >= 0.6 is 0 Å². The van der Waals surface area contributed by atoms with Gasteiger partial charge in [0, 0.05) is 6.54 Å². The minimum Gasteiger partial charge on any atom is -0.508 e. The van der Waals surface area contributed by atoms with E-state index in [1.807, 2.05) is 30.3 Å². The van der Waals surface area contributed by atoms with E-state index in [0.29, 0.717) is 6.07 Å². The second-order valence-corrected chi connectivity index (χ2v) is 5.16. The first-order chi connectivity index (χ1) is 11.8. The van der Waals surface area contributed by atoms with Crippen molar-refractivity contribution in [3.63, 3.8) is 0 Å². The molecule has 0 spiro atoms. The summed E-state index contributed by atoms with van der Waals surface area (Å²) in [5.74, 6) is -0.482. The predicted octanol–water partition coefficient (Wildman–Crippen LogP) is 4.35. The Labute approximate surface area is 142 Å². The van der Waals surface area contributed by atoms with E-state index in [0.717, 1.165) is 11.6 Å². The fraction of sp³-hybridized carbons (Fsp3) is 0.167. The number of hydrogen-bond donors (Lipinski definition) is 2. The van der Waals surface area contributed by atoms with E-state index in [1.54, 1.807) is 0 Å². The molecule has 2 rings (SSSR count). The first-order valence-corrected chi connectivity index (χ1v) is 7.37. The number of carbonyl (C=O) groups excluding carboxylic acids is 1. The van der Waals surface area contributed by atoms with Gasteiger partial charge in [-0.1, -0.05) is 42.5 Å². The normalized spacial score (nSPS) is 11.5. The van der Waals surface area contributed by atoms with E-state index >= 15 is 0 Å². The molecule has 25 heavy (non-hydrogen) atoms. The number of alkyl halides is 3. The number of ether oxygens (including phenoxy) is 1. The van der Waals surface area contributed by atoms with Gasteiger partial charge in [-0.15, -0.1) is 0 Å². The number of benzene rings is 2. The number of rotatable bonds is 5. The maximum atomic E-state index is 12.7. The molecule has 0 aliphatic rings. The van der Waals surface area contributed by atoms with Crippen molar-refractivity contribution in [3.05, 3.63) is 71.3 Å². The Morgan fingerprint density at radius 2 is 1.88 bits per heavy atom. The van der Waals surface area contributed by atoms with Crippen molar-refractivity contribution < 1.29 is 27.8 Å². The molecule has 132 valence electrons. The summed E-state index contributed by atoms with van der Waals surface area (Å²) < 4.78 is 43.0. The second kappa shape index (κ2) is 8.23. The molecule has 2 aromatic carbocycles. The van der Waals surface area contributed by atoms with E-state index in [2.05, 4.69) is 5.32 Å². The van der Waals surface area contributed by atoms with Crippen LogP contribution in [0, 0.1) is 0 Å². The Kier molecular flexibility index (Phi) is 6.05. The molecule has 0 saturated carbocycles. The van der Waals surface area contributed by atoms with Crippen LogP contribution in [0.1, 0.15) is 16.7 Å². The van der Waals surface area contributed by atoms with Gasteiger partial charge in [-0.05, 0) is 29.3 Å². The van der Waals surface area contributed by atoms with Gasteiger partial charge < -0.3 is 15.2 Å². The maximum absolute atomic E-state index is 12.7. The predicted molar refractivity (Wildman–Crippen MR) is 86.8 cm³/mol. The Balaban J connectivity index is 1.83. The summed E-state index contributed by atoms with van der Waals surface area (Å²) in [5, 5.41) is 11.8. The van der Waals surface area contributed by atoms with Gasteiger partial charge >= 0.3 is 12.3 Å². The van der Waals surface area contributed by atoms with Crippen LogP contribution in [0.25, 0.3) is 6.08 Å². The Morgan fingerprint density at radius 3 is 2.56 bits per heavy atom. The van der Waals surface area contributed by atoms with Gasteiger partial charge in [-0.25, -0.2) is 4.79 Å². The van der Waals surface area contributed by atoms with Crippen LogP contribution in [0.5, 0.6) is 5.75 Å². The molecule has 7 heteroatoms. The lowest BCUT2D eigenvalue weighted by Gasteiger charge is -2.08. The monoisotopic (exact) mass is 351 g/mol. The smallest absolute Gasteiger partial charge is 0.416 e. The minimum atomic E-state index is -4.54. The van der Waals surface area contributed by atoms with E-state index in [9.17, 15) is 23.1 Å². The molecule has 2 aromatic rings. The van der Waals surface area contributed by atoms with E-state index in [4.69, 9.17) is 4.74 Å². The number of phenols is 1. The van der Waals surface area contributed by atoms with Crippen molar-refractivity contribution in [3.8, 4) is 5.75 Å². The van der Waals surface area contributed by atoms with Crippen LogP contribution in [-0.2, 0) is 17.5 Å². The summed E-state index contributed by atoms with van der Waals surface area (Å²) >= 11 is 0. The first-order valence-electron chi connectivity index (χ1n) is 7.37. The number of hydrogen-bond acceptors (Lipinski definition) is 3. The average Bonchev–Trinajstić information content (AvgIpc) is 2.56. The molecule has 0 unspecified atom stereocenters. The van der Waals surface area contributed by atoms with Gasteiger partial charge in [0.2, 0.25) is 0 Å². The number of nitrogens with one attached hydrogen (secondary N) is 1. The molecule has 0 bridgehead atoms. The first kappa shape index (κ1) is 18.4. The van der Waals surface area contributed by atoms with E-state index < -0.39 is 23.6 Å². The second-order valence-electron chi connectivity index (χ2n) is 5.16. The summed E-state index contributed by atoms with van der Waals surface area (Å²) in [5.41, 5.74) is 0.0711. The SMILES string of the molecule is O=C(NCC=Cc1cc(O)cc(C(F)(F)F)c1)OCc1ccccc1. The third-order valence-corrected chi connectivity index (χ3v) is 3.15. The molecule has 0 aliphatic carbocycles. The molecule has 0 heterocycles. The molecule has 4 nitrogen and oxygen atoms in total. The minimum absolute atomic E-state index is 0.0740. The zero-order chi connectivity index (χ0) is 18.3. The van der Waals surface area contributed by atoms with Crippen molar-refractivity contribution in [2.24, 2.45) is 0 Å². The Hall–Kier alpha value is -2.96. The molecule has 0 aliphatic heterocycles. The lowest BCUT2D eigenvalue weighted by Crippen LogP contribution is -2.24. The van der Waals surface area contributed by atoms with Crippen molar-refractivity contribution in [1.29, 1.82) is 0 Å². The number of halogens is 3. The lowest BCUT2D eigenvalue weighted by molar-refractivity contribution is -0.137. The van der Waals surface area contributed by atoms with Crippen molar-refractivity contribution in [2.45, 2.75) is 12.8 Å². The van der Waals surface area contributed by atoms with Crippen molar-refractivity contribution in [1.82, 2.24) is 5.32 Å². The number of carbonyl (C=O) groups is 1. The van der Waals surface area contributed by atoms with Crippen LogP contribution in [0.3, 0.4) is 0 Å². The van der Waals surface area contributed by atoms with Crippen molar-refractivity contribution >= 4 is 12.2 Å². The van der Waals surface area contributed by atoms with Crippen LogP contribution < -0.4 is 5.32 Å². The van der Waals surface area contributed by atoms with Crippen LogP contribution in [0.15, 0.2) is 54.6 Å². The molecule has 0 aromatic heterocycles. The molecule has 1 amide bonds. The van der Waals surface area contributed by atoms with Gasteiger partial charge in [0.25, 0.3) is 0 Å². The largest absolute Gasteiger partial charge is 0.508 e. The quantitative estimate of drug-likeness (QED) is 0.842. The Morgan fingerprint density at radius 1 is 1.16 bits per heavy atom. The topological polar surface area (TPSA) is 58.6 Å². The van der Waals surface area contributed by atoms with Crippen molar-refractivity contribution in [2.75, 3.05) is 6.54 Å². The number of aromatic hydroxyl groups is 1. The fourth-order valence-electron chi connectivity index (χ4n) is 2.01. The lowest BCUT2D eigenvalue weighted by atomic mass is 10.1. The molecule has 0 radical (unpaired) electrons. The standard InChI is InChI=1S/C18H16F3NO3/c19-18(20,21)15-9-14(10-16(23)11-15)7-4-8-22-17(24)25-12-13-5-2-1-3-6-13/h1-7,9-11,23H,8,12H2,(H,22,24). The van der Waals surface area contributed by atoms with Gasteiger partial charge in [0.15, 0.2) is 0 Å². The van der Waals surface area contributed by atoms with E-state index in [-0.39, 0.29) is 18.7 Å². The molecule has 0 fully saturated rings. The highest BCUT2D eigenvalue weighted by molar-refractivity contribution is 5.67. The van der Waals surface area contributed by atoms with Gasteiger partial charge in [-0.3, -0.25) is 0 Å². The molecular weight excluding hydrogens is 335 g/mol. The van der Waals surface area contributed by atoms with Gasteiger partial charge in [0.1, 0.15) is 12.4 Å². The van der Waals surface area contributed by atoms with E-state index in [1.165, 1.54) is 18.2 Å². The summed E-state index contributed by atoms with van der Waals surface area (Å²) in [7, 11) is 0. The van der Waals surface area contributed by atoms with Gasteiger partial charge in [0.05, 0.1) is 5.56 Å². The third-order valence-electron chi connectivity index (χ3n) is 3.15. The third kappa shape index (κ3) is 6.21. The van der Waals surface area contributed by atoms with Gasteiger partial charge in [-0.2, -0.15) is 13.2 Å². The molecule has 0 atom stereocenters. The van der Waals surface area contributed by atoms with Crippen LogP contribution in [-0.4, -0.2) is 17.7 Å². The maximum Gasteiger partial charge on any atom is 0.416 e. The highest BCUT2D eigenvalue weighted by atomic mass is 19.4. The summed E-state index contributed by atoms with van der Waals surface area (Å²) in [6.45, 7) is 0.197. The van der Waals surface area contributed by atoms with Crippen LogP contribution in [0.2, 0.25) is 0 Å². The molecule has 0 saturated heterocycles. The molecule has 2 N–H and O–H groups in total. The fourth-order valence-corrected chi connectivity index (χ4v) is 2.01. The van der Waals surface area contributed by atoms with Crippen LogP contribution in [0.4, 0.5) is 18.0 Å². The zero-order valence-corrected chi connectivity index (χ0v) is 13.1. The Bertz CT molecular complexity index is 743. The average molecular weight is 351 g/mol. The number of phenolic OH excluding ortho intramolecular Hbond substituents is 1. The summed E-state index contributed by atoms with van der Waals surface area (Å²) in [6, 6.07) is 11.9. The summed E-state index contributed by atoms with van der Waals surface area (Å²) in [4.78, 5) is 11.5. The number of alkyl carbamates (subject to hydrolysis) is 1. The molecular formula is C18H16F3NO3. The summed E-state index contributed by atoms with van der Waals surface area (Å²) in [6.07, 6.45) is -2.35. The highest BCUT2D eigenvalue weighted by Crippen LogP contribution is 2.32. The number of amides is 1.